The quantitative estimate of drug-likeness (QED) is 0.796. The van der Waals surface area contributed by atoms with Gasteiger partial charge in [0.15, 0.2) is 11.5 Å². The molecule has 2 heterocycles. The molecule has 1 aromatic rings. The minimum Gasteiger partial charge on any atom is -0.486 e. The van der Waals surface area contributed by atoms with Crippen LogP contribution in [0.4, 0.5) is 0 Å². The Hall–Kier alpha value is -1.46. The van der Waals surface area contributed by atoms with E-state index >= 15 is 0 Å². The summed E-state index contributed by atoms with van der Waals surface area (Å²) in [6.07, 6.45) is 3.34. The molecule has 4 rings (SSSR count). The van der Waals surface area contributed by atoms with Crippen molar-refractivity contribution in [3.63, 3.8) is 0 Å². The molecule has 2 aliphatic heterocycles. The van der Waals surface area contributed by atoms with E-state index in [4.69, 9.17) is 25.8 Å². The number of ether oxygens (including phenoxy) is 3. The predicted octanol–water partition coefficient (Wildman–Crippen LogP) is 2.50. The second-order valence-corrected chi connectivity index (χ2v) is 6.30. The molecule has 0 radical (unpaired) electrons. The van der Waals surface area contributed by atoms with Gasteiger partial charge in [-0.3, -0.25) is 4.79 Å². The van der Waals surface area contributed by atoms with E-state index in [0.717, 1.165) is 19.3 Å². The van der Waals surface area contributed by atoms with Crippen LogP contribution in [0.15, 0.2) is 12.1 Å². The summed E-state index contributed by atoms with van der Waals surface area (Å²) in [5, 5.41) is 0.428. The first-order chi connectivity index (χ1) is 10.7. The van der Waals surface area contributed by atoms with Crippen molar-refractivity contribution >= 4 is 17.5 Å². The van der Waals surface area contributed by atoms with Gasteiger partial charge in [-0.1, -0.05) is 11.6 Å². The van der Waals surface area contributed by atoms with Crippen molar-refractivity contribution in [1.82, 2.24) is 4.90 Å². The third kappa shape index (κ3) is 2.32. The van der Waals surface area contributed by atoms with E-state index in [1.54, 1.807) is 12.1 Å². The van der Waals surface area contributed by atoms with Crippen molar-refractivity contribution in [3.8, 4) is 11.5 Å². The molecule has 0 N–H and O–H groups in total. The first-order valence-electron chi connectivity index (χ1n) is 7.76. The maximum atomic E-state index is 12.9. The van der Waals surface area contributed by atoms with E-state index < -0.39 is 0 Å². The molecule has 3 aliphatic rings. The highest BCUT2D eigenvalue weighted by molar-refractivity contribution is 6.32. The van der Waals surface area contributed by atoms with Crippen LogP contribution >= 0.6 is 11.6 Å². The topological polar surface area (TPSA) is 48.0 Å². The third-order valence-corrected chi connectivity index (χ3v) is 4.87. The molecule has 0 unspecified atom stereocenters. The zero-order valence-electron chi connectivity index (χ0n) is 12.2. The molecule has 0 aromatic heterocycles. The van der Waals surface area contributed by atoms with Crippen LogP contribution in [0.25, 0.3) is 0 Å². The van der Waals surface area contributed by atoms with Gasteiger partial charge in [-0.15, -0.1) is 0 Å². The Bertz CT molecular complexity index is 606. The Morgan fingerprint density at radius 2 is 2.05 bits per heavy atom. The number of benzene rings is 1. The molecule has 6 heteroatoms. The lowest BCUT2D eigenvalue weighted by Crippen LogP contribution is -2.51. The second kappa shape index (κ2) is 5.63. The Kier molecular flexibility index (Phi) is 3.62. The van der Waals surface area contributed by atoms with Gasteiger partial charge in [-0.05, 0) is 31.4 Å². The first kappa shape index (κ1) is 14.2. The number of halogens is 1. The smallest absolute Gasteiger partial charge is 0.254 e. The van der Waals surface area contributed by atoms with Crippen LogP contribution in [0.5, 0.6) is 11.5 Å². The lowest BCUT2D eigenvalue weighted by Gasteiger charge is -2.37. The minimum atomic E-state index is -0.000858. The molecular weight excluding hydrogens is 306 g/mol. The van der Waals surface area contributed by atoms with Crippen molar-refractivity contribution < 1.29 is 19.0 Å². The van der Waals surface area contributed by atoms with Crippen LogP contribution < -0.4 is 9.47 Å². The fourth-order valence-corrected chi connectivity index (χ4v) is 3.84. The standard InChI is InChI=1S/C16H18ClNO4/c17-11-8-10(9-14-15(11)22-7-6-21-14)16(19)18-4-5-20-13-3-1-2-12(13)18/h8-9,12-13H,1-7H2/t12-,13-/m1/s1. The fourth-order valence-electron chi connectivity index (χ4n) is 3.58. The maximum Gasteiger partial charge on any atom is 0.254 e. The number of amides is 1. The summed E-state index contributed by atoms with van der Waals surface area (Å²) in [5.41, 5.74) is 0.557. The number of morpholine rings is 1. The molecule has 0 bridgehead atoms. The highest BCUT2D eigenvalue weighted by atomic mass is 35.5. The Labute approximate surface area is 134 Å². The van der Waals surface area contributed by atoms with Crippen molar-refractivity contribution in [3.05, 3.63) is 22.7 Å². The zero-order chi connectivity index (χ0) is 15.1. The molecule has 5 nitrogen and oxygen atoms in total. The van der Waals surface area contributed by atoms with Gasteiger partial charge in [0.25, 0.3) is 5.91 Å². The average molecular weight is 324 g/mol. The zero-order valence-corrected chi connectivity index (χ0v) is 13.0. The van der Waals surface area contributed by atoms with Crippen LogP contribution in [0.2, 0.25) is 5.02 Å². The average Bonchev–Trinajstić information content (AvgIpc) is 3.02. The Balaban J connectivity index is 1.63. The molecule has 2 fully saturated rings. The number of hydrogen-bond acceptors (Lipinski definition) is 4. The van der Waals surface area contributed by atoms with Crippen LogP contribution in [0.1, 0.15) is 29.6 Å². The predicted molar refractivity (Wildman–Crippen MR) is 80.9 cm³/mol. The maximum absolute atomic E-state index is 12.9. The number of hydrogen-bond donors (Lipinski definition) is 0. The summed E-state index contributed by atoms with van der Waals surface area (Å²) < 4.78 is 16.8. The van der Waals surface area contributed by atoms with Crippen LogP contribution in [-0.2, 0) is 4.74 Å². The normalized spacial score (nSPS) is 26.7. The summed E-state index contributed by atoms with van der Waals surface area (Å²) >= 11 is 6.24. The number of carbonyl (C=O) groups is 1. The van der Waals surface area contributed by atoms with Crippen LogP contribution in [0.3, 0.4) is 0 Å². The summed E-state index contributed by atoms with van der Waals surface area (Å²) in [7, 11) is 0. The van der Waals surface area contributed by atoms with Gasteiger partial charge >= 0.3 is 0 Å². The van der Waals surface area contributed by atoms with Gasteiger partial charge in [-0.25, -0.2) is 0 Å². The largest absolute Gasteiger partial charge is 0.486 e. The molecule has 1 amide bonds. The van der Waals surface area contributed by atoms with Gasteiger partial charge in [0.2, 0.25) is 0 Å². The van der Waals surface area contributed by atoms with Crippen molar-refractivity contribution in [2.24, 2.45) is 0 Å². The third-order valence-electron chi connectivity index (χ3n) is 4.59. The molecule has 1 saturated carbocycles. The molecule has 1 aromatic carbocycles. The van der Waals surface area contributed by atoms with Crippen molar-refractivity contribution in [2.75, 3.05) is 26.4 Å². The van der Waals surface area contributed by atoms with Gasteiger partial charge in [-0.2, -0.15) is 0 Å². The van der Waals surface area contributed by atoms with E-state index in [9.17, 15) is 4.79 Å². The van der Waals surface area contributed by atoms with Gasteiger partial charge in [0.1, 0.15) is 13.2 Å². The highest BCUT2D eigenvalue weighted by Gasteiger charge is 2.39. The number of rotatable bonds is 1. The number of nitrogens with zero attached hydrogens (tertiary/aromatic N) is 1. The van der Waals surface area contributed by atoms with Crippen molar-refractivity contribution in [1.29, 1.82) is 0 Å². The summed E-state index contributed by atoms with van der Waals surface area (Å²) in [6, 6.07) is 3.60. The Morgan fingerprint density at radius 1 is 1.18 bits per heavy atom. The van der Waals surface area contributed by atoms with E-state index in [2.05, 4.69) is 0 Å². The summed E-state index contributed by atoms with van der Waals surface area (Å²) in [5.74, 6) is 1.09. The molecule has 1 saturated heterocycles. The van der Waals surface area contributed by atoms with E-state index in [1.807, 2.05) is 4.90 Å². The summed E-state index contributed by atoms with van der Waals surface area (Å²) in [6.45, 7) is 2.19. The van der Waals surface area contributed by atoms with E-state index in [-0.39, 0.29) is 18.1 Å². The van der Waals surface area contributed by atoms with Crippen molar-refractivity contribution in [2.45, 2.75) is 31.4 Å². The van der Waals surface area contributed by atoms with E-state index in [0.29, 0.717) is 48.5 Å². The molecule has 2 atom stereocenters. The molecule has 22 heavy (non-hydrogen) atoms. The molecule has 1 aliphatic carbocycles. The second-order valence-electron chi connectivity index (χ2n) is 5.89. The lowest BCUT2D eigenvalue weighted by molar-refractivity contribution is -0.0445. The SMILES string of the molecule is O=C(c1cc(Cl)c2c(c1)OCCO2)N1CCO[C@@H]2CCC[C@H]21. The van der Waals surface area contributed by atoms with Gasteiger partial charge in [0.05, 0.1) is 23.8 Å². The molecule has 0 spiro atoms. The van der Waals surface area contributed by atoms with E-state index in [1.165, 1.54) is 0 Å². The molecular formula is C16H18ClNO4. The molecule has 118 valence electrons. The highest BCUT2D eigenvalue weighted by Crippen LogP contribution is 2.39. The monoisotopic (exact) mass is 323 g/mol. The van der Waals surface area contributed by atoms with Crippen LogP contribution in [0, 0.1) is 0 Å². The van der Waals surface area contributed by atoms with Crippen LogP contribution in [-0.4, -0.2) is 49.3 Å². The lowest BCUT2D eigenvalue weighted by atomic mass is 10.1. The van der Waals surface area contributed by atoms with Gasteiger partial charge in [0, 0.05) is 12.1 Å². The minimum absolute atomic E-state index is 0.000858. The summed E-state index contributed by atoms with van der Waals surface area (Å²) in [4.78, 5) is 14.8. The number of carbonyl (C=O) groups excluding carboxylic acids is 1. The number of fused-ring (bicyclic) bond motifs is 2. The first-order valence-corrected chi connectivity index (χ1v) is 8.13. The fraction of sp³-hybridized carbons (Fsp3) is 0.562. The Morgan fingerprint density at radius 3 is 2.95 bits per heavy atom. The van der Waals surface area contributed by atoms with Gasteiger partial charge < -0.3 is 19.1 Å².